The molecule has 2 N–H and O–H groups in total. The topological polar surface area (TPSA) is 38.9 Å². The highest BCUT2D eigenvalue weighted by molar-refractivity contribution is 5.85. The Morgan fingerprint density at radius 2 is 1.70 bits per heavy atom. The Hall–Kier alpha value is -2.19. The first-order valence-corrected chi connectivity index (χ1v) is 6.83. The Bertz CT molecular complexity index is 757. The molecular weight excluding hydrogens is 244 g/mol. The molecule has 1 atom stereocenters. The largest absolute Gasteiger partial charge is 0.320 e. The SMILES string of the molecule is Cc1cccc(C(N)c2cccc3cnccc23)c1C. The first kappa shape index (κ1) is 12.8. The third-order valence-corrected chi connectivity index (χ3v) is 4.03. The van der Waals surface area contributed by atoms with Gasteiger partial charge in [0.2, 0.25) is 0 Å². The van der Waals surface area contributed by atoms with Gasteiger partial charge in [0.05, 0.1) is 6.04 Å². The molecule has 2 nitrogen and oxygen atoms in total. The molecule has 0 aliphatic carbocycles. The van der Waals surface area contributed by atoms with Crippen molar-refractivity contribution in [3.8, 4) is 0 Å². The summed E-state index contributed by atoms with van der Waals surface area (Å²) in [7, 11) is 0. The van der Waals surface area contributed by atoms with Gasteiger partial charge in [-0.25, -0.2) is 0 Å². The van der Waals surface area contributed by atoms with Gasteiger partial charge in [-0.05, 0) is 47.6 Å². The molecule has 0 aliphatic rings. The second kappa shape index (κ2) is 5.06. The van der Waals surface area contributed by atoms with Gasteiger partial charge < -0.3 is 5.73 Å². The summed E-state index contributed by atoms with van der Waals surface area (Å²) < 4.78 is 0. The molecule has 2 heteroatoms. The van der Waals surface area contributed by atoms with Crippen LogP contribution in [0, 0.1) is 13.8 Å². The van der Waals surface area contributed by atoms with Crippen molar-refractivity contribution < 1.29 is 0 Å². The van der Waals surface area contributed by atoms with Crippen molar-refractivity contribution in [2.24, 2.45) is 5.73 Å². The monoisotopic (exact) mass is 262 g/mol. The quantitative estimate of drug-likeness (QED) is 0.760. The maximum Gasteiger partial charge on any atom is 0.0560 e. The van der Waals surface area contributed by atoms with Gasteiger partial charge in [-0.1, -0.05) is 36.4 Å². The first-order valence-electron chi connectivity index (χ1n) is 6.83. The van der Waals surface area contributed by atoms with Crippen molar-refractivity contribution in [2.75, 3.05) is 0 Å². The van der Waals surface area contributed by atoms with Crippen LogP contribution in [0.5, 0.6) is 0 Å². The minimum atomic E-state index is -0.110. The maximum absolute atomic E-state index is 6.53. The molecule has 3 rings (SSSR count). The summed E-state index contributed by atoms with van der Waals surface area (Å²) in [6.07, 6.45) is 3.70. The van der Waals surface area contributed by atoms with Gasteiger partial charge in [0.15, 0.2) is 0 Å². The van der Waals surface area contributed by atoms with Crippen LogP contribution in [0.15, 0.2) is 54.9 Å². The number of fused-ring (bicyclic) bond motifs is 1. The van der Waals surface area contributed by atoms with Crippen LogP contribution < -0.4 is 5.73 Å². The predicted octanol–water partition coefficient (Wildman–Crippen LogP) is 3.90. The van der Waals surface area contributed by atoms with Crippen LogP contribution in [0.3, 0.4) is 0 Å². The molecule has 3 aromatic rings. The molecule has 100 valence electrons. The Morgan fingerprint density at radius 3 is 2.55 bits per heavy atom. The Balaban J connectivity index is 2.18. The number of pyridine rings is 1. The molecule has 0 fully saturated rings. The van der Waals surface area contributed by atoms with Gasteiger partial charge in [0.25, 0.3) is 0 Å². The van der Waals surface area contributed by atoms with E-state index in [4.69, 9.17) is 5.73 Å². The van der Waals surface area contributed by atoms with E-state index in [1.54, 1.807) is 0 Å². The van der Waals surface area contributed by atoms with Crippen LogP contribution in [0.1, 0.15) is 28.3 Å². The second-order valence-electron chi connectivity index (χ2n) is 5.21. The molecule has 0 amide bonds. The second-order valence-corrected chi connectivity index (χ2v) is 5.21. The van der Waals surface area contributed by atoms with E-state index in [1.807, 2.05) is 24.5 Å². The van der Waals surface area contributed by atoms with Crippen LogP contribution in [0.25, 0.3) is 10.8 Å². The van der Waals surface area contributed by atoms with Crippen LogP contribution in [-0.2, 0) is 0 Å². The number of nitrogens with two attached hydrogens (primary N) is 1. The van der Waals surface area contributed by atoms with E-state index >= 15 is 0 Å². The highest BCUT2D eigenvalue weighted by Crippen LogP contribution is 2.29. The Labute approximate surface area is 119 Å². The summed E-state index contributed by atoms with van der Waals surface area (Å²) >= 11 is 0. The Morgan fingerprint density at radius 1 is 0.950 bits per heavy atom. The summed E-state index contributed by atoms with van der Waals surface area (Å²) in [5.74, 6) is 0. The Kier molecular flexibility index (Phi) is 3.25. The van der Waals surface area contributed by atoms with E-state index in [0.717, 1.165) is 10.9 Å². The third kappa shape index (κ3) is 2.08. The van der Waals surface area contributed by atoms with Gasteiger partial charge in [0.1, 0.15) is 0 Å². The van der Waals surface area contributed by atoms with E-state index in [-0.39, 0.29) is 6.04 Å². The maximum atomic E-state index is 6.53. The van der Waals surface area contributed by atoms with Crippen LogP contribution >= 0.6 is 0 Å². The van der Waals surface area contributed by atoms with Crippen LogP contribution in [-0.4, -0.2) is 4.98 Å². The van der Waals surface area contributed by atoms with Crippen molar-refractivity contribution >= 4 is 10.8 Å². The van der Waals surface area contributed by atoms with E-state index in [0.29, 0.717) is 0 Å². The van der Waals surface area contributed by atoms with Gasteiger partial charge in [0, 0.05) is 17.8 Å². The molecule has 0 spiro atoms. The molecule has 2 aromatic carbocycles. The van der Waals surface area contributed by atoms with Gasteiger partial charge >= 0.3 is 0 Å². The highest BCUT2D eigenvalue weighted by atomic mass is 14.6. The van der Waals surface area contributed by atoms with E-state index in [1.165, 1.54) is 22.1 Å². The molecule has 0 saturated heterocycles. The van der Waals surface area contributed by atoms with Crippen LogP contribution in [0.2, 0.25) is 0 Å². The van der Waals surface area contributed by atoms with Crippen molar-refractivity contribution in [3.05, 3.63) is 77.1 Å². The molecule has 1 heterocycles. The summed E-state index contributed by atoms with van der Waals surface area (Å²) in [6, 6.07) is 14.5. The standard InChI is InChI=1S/C18H18N2/c1-12-5-3-7-15(13(12)2)18(19)17-8-4-6-14-11-20-10-9-16(14)17/h3-11,18H,19H2,1-2H3. The smallest absolute Gasteiger partial charge is 0.0560 e. The molecule has 1 unspecified atom stereocenters. The average Bonchev–Trinajstić information content (AvgIpc) is 2.49. The predicted molar refractivity (Wildman–Crippen MR) is 83.7 cm³/mol. The molecule has 0 saturated carbocycles. The van der Waals surface area contributed by atoms with Gasteiger partial charge in [-0.3, -0.25) is 4.98 Å². The van der Waals surface area contributed by atoms with Crippen molar-refractivity contribution in [1.29, 1.82) is 0 Å². The molecule has 0 aliphatic heterocycles. The number of benzene rings is 2. The minimum Gasteiger partial charge on any atom is -0.320 e. The zero-order valence-electron chi connectivity index (χ0n) is 11.8. The molecular formula is C18H18N2. The normalized spacial score (nSPS) is 12.6. The number of rotatable bonds is 2. The van der Waals surface area contributed by atoms with Crippen molar-refractivity contribution in [2.45, 2.75) is 19.9 Å². The van der Waals surface area contributed by atoms with E-state index in [9.17, 15) is 0 Å². The van der Waals surface area contributed by atoms with E-state index in [2.05, 4.69) is 49.2 Å². The van der Waals surface area contributed by atoms with Gasteiger partial charge in [-0.2, -0.15) is 0 Å². The summed E-state index contributed by atoms with van der Waals surface area (Å²) in [6.45, 7) is 4.26. The van der Waals surface area contributed by atoms with Gasteiger partial charge in [-0.15, -0.1) is 0 Å². The number of hydrogen-bond donors (Lipinski definition) is 1. The summed E-state index contributed by atoms with van der Waals surface area (Å²) in [4.78, 5) is 4.18. The summed E-state index contributed by atoms with van der Waals surface area (Å²) in [5, 5.41) is 2.31. The third-order valence-electron chi connectivity index (χ3n) is 4.03. The zero-order valence-corrected chi connectivity index (χ0v) is 11.8. The van der Waals surface area contributed by atoms with Crippen molar-refractivity contribution in [3.63, 3.8) is 0 Å². The molecule has 0 radical (unpaired) electrons. The zero-order chi connectivity index (χ0) is 14.1. The first-order chi connectivity index (χ1) is 9.68. The summed E-state index contributed by atoms with van der Waals surface area (Å²) in [5.41, 5.74) is 11.4. The molecule has 20 heavy (non-hydrogen) atoms. The number of aromatic nitrogens is 1. The number of nitrogens with zero attached hydrogens (tertiary/aromatic N) is 1. The minimum absolute atomic E-state index is 0.110. The number of aryl methyl sites for hydroxylation is 1. The molecule has 1 aromatic heterocycles. The van der Waals surface area contributed by atoms with E-state index < -0.39 is 0 Å². The lowest BCUT2D eigenvalue weighted by Crippen LogP contribution is -2.14. The molecule has 0 bridgehead atoms. The number of hydrogen-bond acceptors (Lipinski definition) is 2. The fourth-order valence-corrected chi connectivity index (χ4v) is 2.70. The average molecular weight is 262 g/mol. The van der Waals surface area contributed by atoms with Crippen LogP contribution in [0.4, 0.5) is 0 Å². The fraction of sp³-hybridized carbons (Fsp3) is 0.167. The van der Waals surface area contributed by atoms with Crippen molar-refractivity contribution in [1.82, 2.24) is 4.98 Å². The highest BCUT2D eigenvalue weighted by Gasteiger charge is 2.14. The lowest BCUT2D eigenvalue weighted by molar-refractivity contribution is 0.867. The lowest BCUT2D eigenvalue weighted by atomic mass is 9.91. The fourth-order valence-electron chi connectivity index (χ4n) is 2.70. The lowest BCUT2D eigenvalue weighted by Gasteiger charge is -2.18.